The number of hydrogen-bond acceptors (Lipinski definition) is 7. The van der Waals surface area contributed by atoms with Crippen LogP contribution in [0.3, 0.4) is 0 Å². The first-order valence-electron chi connectivity index (χ1n) is 11.8. The van der Waals surface area contributed by atoms with Crippen molar-refractivity contribution in [2.45, 2.75) is 25.3 Å². The van der Waals surface area contributed by atoms with E-state index >= 15 is 0 Å². The number of allylic oxidation sites excluding steroid dienone is 1. The molecule has 2 atom stereocenters. The molecule has 2 unspecified atom stereocenters. The minimum atomic E-state index is -0.0714. The average Bonchev–Trinajstić information content (AvgIpc) is 3.60. The van der Waals surface area contributed by atoms with Gasteiger partial charge in [0.25, 0.3) is 5.91 Å². The smallest absolute Gasteiger partial charge is 0.257 e. The molecule has 2 aromatic rings. The number of amides is 2. The fraction of sp³-hybridized carbons (Fsp3) is 0.480. The number of thiophene rings is 2. The zero-order valence-electron chi connectivity index (χ0n) is 19.4. The Morgan fingerprint density at radius 1 is 1.15 bits per heavy atom. The maximum Gasteiger partial charge on any atom is 0.257 e. The van der Waals surface area contributed by atoms with Crippen molar-refractivity contribution < 1.29 is 14.3 Å². The molecule has 1 saturated carbocycles. The van der Waals surface area contributed by atoms with Gasteiger partial charge in [0.05, 0.1) is 38.1 Å². The van der Waals surface area contributed by atoms with Gasteiger partial charge in [0.2, 0.25) is 5.91 Å². The van der Waals surface area contributed by atoms with E-state index in [-0.39, 0.29) is 36.9 Å². The van der Waals surface area contributed by atoms with Gasteiger partial charge >= 0.3 is 0 Å². The zero-order valence-corrected chi connectivity index (χ0v) is 21.0. The highest BCUT2D eigenvalue weighted by Gasteiger charge is 2.44. The second-order valence-electron chi connectivity index (χ2n) is 9.03. The lowest BCUT2D eigenvalue weighted by molar-refractivity contribution is -0.138. The van der Waals surface area contributed by atoms with Gasteiger partial charge in [-0.3, -0.25) is 14.5 Å². The molecule has 4 heterocycles. The first-order valence-corrected chi connectivity index (χ1v) is 13.6. The number of ether oxygens (including phenoxy) is 1. The fourth-order valence-corrected chi connectivity index (χ4v) is 6.55. The minimum Gasteiger partial charge on any atom is -0.378 e. The average molecular weight is 499 g/mol. The van der Waals surface area contributed by atoms with Crippen molar-refractivity contribution in [3.63, 3.8) is 0 Å². The van der Waals surface area contributed by atoms with Crippen molar-refractivity contribution in [1.29, 1.82) is 0 Å². The van der Waals surface area contributed by atoms with E-state index in [9.17, 15) is 9.59 Å². The molecule has 3 aliphatic rings. The number of hydrogen-bond donors (Lipinski definition) is 0. The van der Waals surface area contributed by atoms with Crippen LogP contribution >= 0.6 is 22.7 Å². The van der Waals surface area contributed by atoms with Crippen molar-refractivity contribution in [2.75, 3.05) is 46.4 Å². The number of likely N-dealkylation sites (N-methyl/N-ethyl adjacent to an activating group) is 1. The van der Waals surface area contributed by atoms with Crippen LogP contribution in [0.15, 0.2) is 45.7 Å². The summed E-state index contributed by atoms with van der Waals surface area (Å²) in [5.74, 6) is 0.187. The normalized spacial score (nSPS) is 23.9. The molecule has 0 radical (unpaired) electrons. The summed E-state index contributed by atoms with van der Waals surface area (Å²) in [6.07, 6.45) is 5.35. The van der Waals surface area contributed by atoms with Gasteiger partial charge in [0, 0.05) is 28.8 Å². The fourth-order valence-electron chi connectivity index (χ4n) is 4.99. The van der Waals surface area contributed by atoms with E-state index in [2.05, 4.69) is 35.0 Å². The van der Waals surface area contributed by atoms with Crippen LogP contribution in [0, 0.1) is 5.92 Å². The van der Waals surface area contributed by atoms with Gasteiger partial charge in [0.1, 0.15) is 0 Å². The van der Waals surface area contributed by atoms with Crippen molar-refractivity contribution >= 4 is 46.3 Å². The molecular weight excluding hydrogens is 468 g/mol. The molecular formula is C25H30N4O3S2. The van der Waals surface area contributed by atoms with Crippen LogP contribution in [-0.4, -0.2) is 78.8 Å². The largest absolute Gasteiger partial charge is 0.378 e. The molecule has 1 aliphatic carbocycles. The lowest BCUT2D eigenvalue weighted by Crippen LogP contribution is -2.46. The predicted octanol–water partition coefficient (Wildman–Crippen LogP) is 3.72. The highest BCUT2D eigenvalue weighted by atomic mass is 32.1. The summed E-state index contributed by atoms with van der Waals surface area (Å²) in [4.78, 5) is 32.1. The number of carbonyl (C=O) groups is 2. The summed E-state index contributed by atoms with van der Waals surface area (Å²) in [6, 6.07) is 8.26. The van der Waals surface area contributed by atoms with E-state index in [0.29, 0.717) is 26.3 Å². The molecule has 2 aromatic heterocycles. The lowest BCUT2D eigenvalue weighted by atomic mass is 9.79. The Labute approximate surface area is 208 Å². The van der Waals surface area contributed by atoms with Gasteiger partial charge in [-0.2, -0.15) is 5.10 Å². The standard InChI is InChI=1S/C25H30N4O3S2/c1-27(16-22(30)28-9-11-32-12-10-28)17-23(31)29-25(21-8-4-14-34-21)20-7-2-5-18(24(20)26-29)15-19-6-3-13-33-19/h3-4,6,8,13-15,20,25H,2,5,7,9-12,16-17H2,1H3/b18-15-. The highest BCUT2D eigenvalue weighted by molar-refractivity contribution is 7.11. The quantitative estimate of drug-likeness (QED) is 0.609. The number of nitrogens with zero attached hydrogens (tertiary/aromatic N) is 4. The van der Waals surface area contributed by atoms with Crippen molar-refractivity contribution in [3.05, 3.63) is 50.4 Å². The van der Waals surface area contributed by atoms with Gasteiger partial charge in [-0.05, 0) is 60.9 Å². The van der Waals surface area contributed by atoms with Gasteiger partial charge < -0.3 is 9.64 Å². The Kier molecular flexibility index (Phi) is 7.24. The van der Waals surface area contributed by atoms with Crippen LogP contribution in [0.5, 0.6) is 0 Å². The minimum absolute atomic E-state index is 0.0379. The Balaban J connectivity index is 1.34. The Morgan fingerprint density at radius 3 is 2.65 bits per heavy atom. The summed E-state index contributed by atoms with van der Waals surface area (Å²) in [6.45, 7) is 2.75. The molecule has 2 aliphatic heterocycles. The third-order valence-electron chi connectivity index (χ3n) is 6.63. The van der Waals surface area contributed by atoms with Gasteiger partial charge in [-0.1, -0.05) is 12.1 Å². The summed E-state index contributed by atoms with van der Waals surface area (Å²) < 4.78 is 5.34. The summed E-state index contributed by atoms with van der Waals surface area (Å²) >= 11 is 3.40. The topological polar surface area (TPSA) is 65.5 Å². The van der Waals surface area contributed by atoms with Crippen molar-refractivity contribution in [3.8, 4) is 0 Å². The van der Waals surface area contributed by atoms with Crippen LogP contribution in [0.2, 0.25) is 0 Å². The van der Waals surface area contributed by atoms with Crippen LogP contribution in [-0.2, 0) is 14.3 Å². The monoisotopic (exact) mass is 498 g/mol. The van der Waals surface area contributed by atoms with Crippen LogP contribution in [0.1, 0.15) is 35.1 Å². The van der Waals surface area contributed by atoms with E-state index in [4.69, 9.17) is 9.84 Å². The van der Waals surface area contributed by atoms with E-state index in [1.807, 2.05) is 18.0 Å². The SMILES string of the molecule is CN(CC(=O)N1CCOCC1)CC(=O)N1N=C2/C(=C\c3cccs3)CCCC2C1c1cccs1. The highest BCUT2D eigenvalue weighted by Crippen LogP contribution is 2.45. The summed E-state index contributed by atoms with van der Waals surface area (Å²) in [7, 11) is 1.83. The molecule has 0 spiro atoms. The zero-order chi connectivity index (χ0) is 23.5. The molecule has 1 saturated heterocycles. The number of morpholine rings is 1. The number of hydrazone groups is 1. The third-order valence-corrected chi connectivity index (χ3v) is 8.39. The maximum absolute atomic E-state index is 13.5. The molecule has 2 fully saturated rings. The van der Waals surface area contributed by atoms with E-state index < -0.39 is 0 Å². The van der Waals surface area contributed by atoms with Gasteiger partial charge in [0.15, 0.2) is 0 Å². The molecule has 0 bridgehead atoms. The predicted molar refractivity (Wildman–Crippen MR) is 136 cm³/mol. The maximum atomic E-state index is 13.5. The van der Waals surface area contributed by atoms with E-state index in [1.54, 1.807) is 32.6 Å². The van der Waals surface area contributed by atoms with E-state index in [0.717, 1.165) is 25.0 Å². The second-order valence-corrected chi connectivity index (χ2v) is 11.0. The molecule has 9 heteroatoms. The van der Waals surface area contributed by atoms with E-state index in [1.165, 1.54) is 15.3 Å². The Bertz CT molecular complexity index is 1060. The van der Waals surface area contributed by atoms with Crippen LogP contribution < -0.4 is 0 Å². The second kappa shape index (κ2) is 10.5. The lowest BCUT2D eigenvalue weighted by Gasteiger charge is -2.30. The molecule has 5 rings (SSSR count). The molecule has 34 heavy (non-hydrogen) atoms. The molecule has 0 N–H and O–H groups in total. The third kappa shape index (κ3) is 5.02. The van der Waals surface area contributed by atoms with Gasteiger partial charge in [-0.15, -0.1) is 22.7 Å². The first kappa shape index (κ1) is 23.4. The number of fused-ring (bicyclic) bond motifs is 1. The number of rotatable bonds is 6. The number of carbonyl (C=O) groups excluding carboxylic acids is 2. The van der Waals surface area contributed by atoms with Crippen LogP contribution in [0.4, 0.5) is 0 Å². The molecule has 2 amide bonds. The molecule has 180 valence electrons. The molecule has 7 nitrogen and oxygen atoms in total. The molecule has 0 aromatic carbocycles. The van der Waals surface area contributed by atoms with Crippen LogP contribution in [0.25, 0.3) is 6.08 Å². The van der Waals surface area contributed by atoms with Gasteiger partial charge in [-0.25, -0.2) is 5.01 Å². The summed E-state index contributed by atoms with van der Waals surface area (Å²) in [5, 5.41) is 10.8. The Hall–Kier alpha value is -2.33. The Morgan fingerprint density at radius 2 is 1.91 bits per heavy atom. The first-order chi connectivity index (χ1) is 16.6. The summed E-state index contributed by atoms with van der Waals surface area (Å²) in [5.41, 5.74) is 2.30. The van der Waals surface area contributed by atoms with Crippen molar-refractivity contribution in [1.82, 2.24) is 14.8 Å². The van der Waals surface area contributed by atoms with Crippen molar-refractivity contribution in [2.24, 2.45) is 11.0 Å².